The van der Waals surface area contributed by atoms with Crippen molar-refractivity contribution in [2.45, 2.75) is 58.7 Å². The molecule has 1 unspecified atom stereocenters. The van der Waals surface area contributed by atoms with Gasteiger partial charge in [0.05, 0.1) is 24.3 Å². The highest BCUT2D eigenvalue weighted by atomic mass is 16.8. The van der Waals surface area contributed by atoms with E-state index in [0.29, 0.717) is 29.1 Å². The monoisotopic (exact) mass is 535 g/mol. The number of nitriles is 1. The minimum Gasteiger partial charge on any atom is -0.497 e. The Hall–Kier alpha value is -4.10. The van der Waals surface area contributed by atoms with Crippen LogP contribution in [0.4, 0.5) is 11.4 Å². The lowest BCUT2D eigenvalue weighted by molar-refractivity contribution is -0.736. The van der Waals surface area contributed by atoms with Gasteiger partial charge in [0.15, 0.2) is 7.11 Å². The van der Waals surface area contributed by atoms with Gasteiger partial charge < -0.3 is 25.6 Å². The summed E-state index contributed by atoms with van der Waals surface area (Å²) in [5.41, 5.74) is 7.73. The number of anilines is 1. The van der Waals surface area contributed by atoms with Crippen molar-refractivity contribution in [3.8, 4) is 11.8 Å². The van der Waals surface area contributed by atoms with Crippen molar-refractivity contribution in [1.29, 1.82) is 5.26 Å². The van der Waals surface area contributed by atoms with Crippen LogP contribution in [0, 0.1) is 16.2 Å². The first-order valence-electron chi connectivity index (χ1n) is 13.1. The molecule has 2 aromatic rings. The van der Waals surface area contributed by atoms with E-state index in [-0.39, 0.29) is 29.9 Å². The number of nitrogens with two attached hydrogens (primary N) is 1. The summed E-state index contributed by atoms with van der Waals surface area (Å²) in [6.07, 6.45) is 1.59. The number of fused-ring (bicyclic) bond motifs is 3. The van der Waals surface area contributed by atoms with E-state index in [4.69, 9.17) is 15.3 Å². The van der Waals surface area contributed by atoms with Crippen LogP contribution in [0.15, 0.2) is 48.2 Å². The van der Waals surface area contributed by atoms with Gasteiger partial charge in [0.2, 0.25) is 5.91 Å². The molecule has 10 heteroatoms. The summed E-state index contributed by atoms with van der Waals surface area (Å²) < 4.78 is 5.29. The minimum absolute atomic E-state index is 0.0785. The SMILES string of the molecule is CCN.COc1ccc(CN2C(=O)C3CCCN3c3ccc([N+](=O)OC)cc3/C2=C(\C#N)NC(C)(C)C)cc1. The Balaban J connectivity index is 0.00000134. The Labute approximate surface area is 230 Å². The van der Waals surface area contributed by atoms with Crippen molar-refractivity contribution in [2.24, 2.45) is 5.73 Å². The lowest BCUT2D eigenvalue weighted by Crippen LogP contribution is -2.43. The van der Waals surface area contributed by atoms with Gasteiger partial charge in [-0.05, 0) is 63.9 Å². The van der Waals surface area contributed by atoms with Crippen LogP contribution in [0.5, 0.6) is 5.75 Å². The zero-order valence-corrected chi connectivity index (χ0v) is 23.7. The quantitative estimate of drug-likeness (QED) is 0.416. The molecule has 1 fully saturated rings. The average Bonchev–Trinajstić information content (AvgIpc) is 3.38. The van der Waals surface area contributed by atoms with Crippen LogP contribution in [-0.2, 0) is 16.2 Å². The smallest absolute Gasteiger partial charge is 0.317 e. The summed E-state index contributed by atoms with van der Waals surface area (Å²) in [5.74, 6) is 0.640. The van der Waals surface area contributed by atoms with Crippen molar-refractivity contribution in [1.82, 2.24) is 10.2 Å². The van der Waals surface area contributed by atoms with Gasteiger partial charge >= 0.3 is 5.69 Å². The van der Waals surface area contributed by atoms with Crippen molar-refractivity contribution in [3.05, 3.63) is 64.2 Å². The Bertz CT molecular complexity index is 1260. The molecule has 3 N–H and O–H groups in total. The molecular weight excluding hydrogens is 496 g/mol. The van der Waals surface area contributed by atoms with Gasteiger partial charge in [-0.25, -0.2) is 4.84 Å². The number of hydrogen-bond donors (Lipinski definition) is 2. The number of rotatable bonds is 6. The Morgan fingerprint density at radius 3 is 2.44 bits per heavy atom. The van der Waals surface area contributed by atoms with Crippen LogP contribution >= 0.6 is 0 Å². The number of ether oxygens (including phenoxy) is 1. The molecule has 2 aliphatic rings. The molecule has 1 amide bonds. The minimum atomic E-state index is -0.440. The fraction of sp³-hybridized carbons (Fsp3) is 0.448. The Morgan fingerprint density at radius 2 is 1.87 bits per heavy atom. The molecule has 0 bridgehead atoms. The van der Waals surface area contributed by atoms with Gasteiger partial charge in [-0.2, -0.15) is 5.26 Å². The first-order valence-corrected chi connectivity index (χ1v) is 13.1. The molecule has 1 atom stereocenters. The number of nitrogens with one attached hydrogen (secondary N) is 1. The molecule has 10 nitrogen and oxygen atoms in total. The number of amides is 1. The topological polar surface area (TPSA) is 124 Å². The molecule has 0 saturated carbocycles. The third kappa shape index (κ3) is 6.67. The van der Waals surface area contributed by atoms with Crippen LogP contribution in [0.2, 0.25) is 0 Å². The number of methoxy groups -OCH3 is 1. The predicted molar refractivity (Wildman–Crippen MR) is 151 cm³/mol. The molecule has 2 heterocycles. The fourth-order valence-corrected chi connectivity index (χ4v) is 4.79. The second-order valence-electron chi connectivity index (χ2n) is 10.4. The van der Waals surface area contributed by atoms with Gasteiger partial charge in [0.1, 0.15) is 23.6 Å². The Morgan fingerprint density at radius 1 is 1.21 bits per heavy atom. The van der Waals surface area contributed by atoms with E-state index in [1.54, 1.807) is 24.1 Å². The highest BCUT2D eigenvalue weighted by Crippen LogP contribution is 2.42. The molecule has 1 saturated heterocycles. The van der Waals surface area contributed by atoms with Crippen molar-refractivity contribution >= 4 is 23.0 Å². The maximum atomic E-state index is 14.1. The molecule has 0 aliphatic carbocycles. The normalized spacial score (nSPS) is 17.6. The van der Waals surface area contributed by atoms with E-state index in [0.717, 1.165) is 30.0 Å². The number of hydrogen-bond acceptors (Lipinski definition) is 8. The van der Waals surface area contributed by atoms with E-state index in [1.807, 2.05) is 58.0 Å². The molecule has 39 heavy (non-hydrogen) atoms. The molecule has 4 rings (SSSR count). The van der Waals surface area contributed by atoms with Crippen molar-refractivity contribution in [3.63, 3.8) is 0 Å². The second kappa shape index (κ2) is 12.6. The van der Waals surface area contributed by atoms with E-state index < -0.39 is 5.54 Å². The van der Waals surface area contributed by atoms with Crippen LogP contribution in [0.25, 0.3) is 5.70 Å². The first kappa shape index (κ1) is 29.5. The standard InChI is InChI=1S/C27H32N5O4.C2H7N/c1-27(2,3)29-22(16-28)25-21-15-19(32(34)36-5)10-13-23(21)30-14-6-7-24(30)26(33)31(25)17-18-8-11-20(35-4)12-9-18;1-2-3/h8-13,15,24,29H,6-7,14,17H2,1-5H3;2-3H2,1H3/q+1;/b25-22-;. The maximum absolute atomic E-state index is 14.1. The molecular formula is C29H39N6O4+. The number of carbonyl (C=O) groups is 1. The van der Waals surface area contributed by atoms with Gasteiger partial charge in [-0.1, -0.05) is 19.1 Å². The number of nitrogens with zero attached hydrogens (tertiary/aromatic N) is 4. The molecule has 2 aromatic carbocycles. The van der Waals surface area contributed by atoms with Crippen molar-refractivity contribution < 1.29 is 19.3 Å². The van der Waals surface area contributed by atoms with Crippen LogP contribution < -0.4 is 20.7 Å². The summed E-state index contributed by atoms with van der Waals surface area (Å²) in [5, 5.41) is 13.6. The van der Waals surface area contributed by atoms with Gasteiger partial charge in [-0.3, -0.25) is 4.79 Å². The predicted octanol–water partition coefficient (Wildman–Crippen LogP) is 4.22. The van der Waals surface area contributed by atoms with Gasteiger partial charge in [-0.15, -0.1) is 0 Å². The highest BCUT2D eigenvalue weighted by Gasteiger charge is 2.42. The van der Waals surface area contributed by atoms with E-state index in [1.165, 1.54) is 7.11 Å². The summed E-state index contributed by atoms with van der Waals surface area (Å²) >= 11 is 0. The van der Waals surface area contributed by atoms with Crippen LogP contribution in [-0.4, -0.2) is 54.6 Å². The zero-order chi connectivity index (χ0) is 28.7. The molecule has 2 aliphatic heterocycles. The molecule has 0 spiro atoms. The van der Waals surface area contributed by atoms with Gasteiger partial charge in [0.25, 0.3) is 4.92 Å². The average molecular weight is 536 g/mol. The third-order valence-electron chi connectivity index (χ3n) is 6.34. The zero-order valence-electron chi connectivity index (χ0n) is 23.7. The first-order chi connectivity index (χ1) is 18.6. The van der Waals surface area contributed by atoms with E-state index in [9.17, 15) is 15.0 Å². The number of benzene rings is 2. The van der Waals surface area contributed by atoms with E-state index in [2.05, 4.69) is 16.3 Å². The summed E-state index contributed by atoms with van der Waals surface area (Å²) in [7, 11) is 2.90. The maximum Gasteiger partial charge on any atom is 0.317 e. The van der Waals surface area contributed by atoms with Gasteiger partial charge in [0, 0.05) is 35.5 Å². The number of carbonyl (C=O) groups excluding carboxylic acids is 1. The number of allylic oxidation sites excluding steroid dienone is 1. The molecule has 208 valence electrons. The molecule has 0 radical (unpaired) electrons. The van der Waals surface area contributed by atoms with Crippen LogP contribution in [0.1, 0.15) is 51.7 Å². The van der Waals surface area contributed by atoms with Crippen LogP contribution in [0.3, 0.4) is 0 Å². The third-order valence-corrected chi connectivity index (χ3v) is 6.34. The molecule has 0 aromatic heterocycles. The lowest BCUT2D eigenvalue weighted by atomic mass is 10.0. The summed E-state index contributed by atoms with van der Waals surface area (Å²) in [6, 6.07) is 14.7. The second-order valence-corrected chi connectivity index (χ2v) is 10.4. The fourth-order valence-electron chi connectivity index (χ4n) is 4.79. The highest BCUT2D eigenvalue weighted by molar-refractivity contribution is 5.99. The summed E-state index contributed by atoms with van der Waals surface area (Å²) in [6.45, 7) is 9.49. The largest absolute Gasteiger partial charge is 0.497 e. The van der Waals surface area contributed by atoms with E-state index >= 15 is 0 Å². The summed E-state index contributed by atoms with van der Waals surface area (Å²) in [4.78, 5) is 35.5. The van der Waals surface area contributed by atoms with Crippen molar-refractivity contribution in [2.75, 3.05) is 32.2 Å². The Kier molecular flexibility index (Phi) is 9.54. The lowest BCUT2D eigenvalue weighted by Gasteiger charge is -2.30.